The van der Waals surface area contributed by atoms with Crippen LogP contribution in [0.25, 0.3) is 11.3 Å². The molecule has 0 radical (unpaired) electrons. The van der Waals surface area contributed by atoms with E-state index in [-0.39, 0.29) is 11.3 Å². The van der Waals surface area contributed by atoms with Gasteiger partial charge in [0.1, 0.15) is 11.4 Å². The van der Waals surface area contributed by atoms with Gasteiger partial charge in [-0.1, -0.05) is 99.9 Å². The second-order valence-electron chi connectivity index (χ2n) is 3.72. The van der Waals surface area contributed by atoms with E-state index in [0.717, 1.165) is 0 Å². The third kappa shape index (κ3) is 3.59. The van der Waals surface area contributed by atoms with Crippen LogP contribution in [0.15, 0.2) is 30.3 Å². The van der Waals surface area contributed by atoms with E-state index < -0.39 is 7.59 Å². The summed E-state index contributed by atoms with van der Waals surface area (Å²) in [7, 11) is 0. The Kier molecular flexibility index (Phi) is 4.90. The highest BCUT2D eigenvalue weighted by molar-refractivity contribution is 6.69. The lowest BCUT2D eigenvalue weighted by Gasteiger charge is -2.21. The third-order valence-electron chi connectivity index (χ3n) is 2.36. The van der Waals surface area contributed by atoms with Crippen molar-refractivity contribution in [2.45, 2.75) is 7.59 Å². The Bertz CT molecular complexity index is 606. The summed E-state index contributed by atoms with van der Waals surface area (Å²) < 4.78 is -3.76. The summed E-state index contributed by atoms with van der Waals surface area (Å²) in [5, 5.41) is 11.2. The van der Waals surface area contributed by atoms with Gasteiger partial charge in [0.05, 0.1) is 5.56 Å². The van der Waals surface area contributed by atoms with Gasteiger partial charge < -0.3 is 0 Å². The Labute approximate surface area is 145 Å². The van der Waals surface area contributed by atoms with Gasteiger partial charge in [-0.05, 0) is 5.21 Å². The number of nitrogens with zero attached hydrogens (tertiary/aromatic N) is 3. The molecule has 2 aromatic rings. The van der Waals surface area contributed by atoms with Gasteiger partial charge in [0, 0.05) is 5.56 Å². The molecule has 1 aromatic heterocycles. The van der Waals surface area contributed by atoms with E-state index in [1.807, 2.05) is 6.07 Å². The zero-order valence-corrected chi connectivity index (χ0v) is 14.0. The van der Waals surface area contributed by atoms with Crippen LogP contribution >= 0.6 is 69.6 Å². The summed E-state index contributed by atoms with van der Waals surface area (Å²) >= 11 is 35.5. The Morgan fingerprint density at radius 3 is 1.85 bits per heavy atom. The highest BCUT2D eigenvalue weighted by Crippen LogP contribution is 2.49. The summed E-state index contributed by atoms with van der Waals surface area (Å²) in [5.41, 5.74) is 0.973. The molecule has 0 spiro atoms. The molecule has 3 nitrogen and oxygen atoms in total. The Balaban J connectivity index is 2.77. The quantitative estimate of drug-likeness (QED) is 0.628. The van der Waals surface area contributed by atoms with Gasteiger partial charge >= 0.3 is 0 Å². The molecule has 0 saturated carbocycles. The van der Waals surface area contributed by atoms with Crippen LogP contribution in [0.5, 0.6) is 0 Å². The Morgan fingerprint density at radius 1 is 0.750 bits per heavy atom. The van der Waals surface area contributed by atoms with Crippen molar-refractivity contribution < 1.29 is 0 Å². The second-order valence-corrected chi connectivity index (χ2v) is 8.29. The topological polar surface area (TPSA) is 38.7 Å². The standard InChI is InChI=1S/C11H5Cl6N3/c12-10(13,14)7-8(6-4-2-1-3-5-6)18-20-19-9(7)11(15,16)17/h1-5H. The molecule has 0 aliphatic heterocycles. The summed E-state index contributed by atoms with van der Waals surface area (Å²) in [4.78, 5) is 0. The Hall–Kier alpha value is -0.0300. The van der Waals surface area contributed by atoms with Crippen molar-refractivity contribution in [1.29, 1.82) is 0 Å². The van der Waals surface area contributed by atoms with E-state index in [9.17, 15) is 0 Å². The maximum atomic E-state index is 5.97. The van der Waals surface area contributed by atoms with Gasteiger partial charge in [0.25, 0.3) is 0 Å². The SMILES string of the molecule is ClC(Cl)(Cl)c1nnnc(-c2ccccc2)c1C(Cl)(Cl)Cl. The first-order valence-corrected chi connectivity index (χ1v) is 7.41. The molecule has 1 aromatic carbocycles. The Morgan fingerprint density at radius 2 is 1.35 bits per heavy atom. The first-order valence-electron chi connectivity index (χ1n) is 5.14. The van der Waals surface area contributed by atoms with Crippen molar-refractivity contribution in [3.05, 3.63) is 41.6 Å². The van der Waals surface area contributed by atoms with Crippen molar-refractivity contribution >= 4 is 69.6 Å². The monoisotopic (exact) mass is 389 g/mol. The maximum absolute atomic E-state index is 5.97. The van der Waals surface area contributed by atoms with Crippen molar-refractivity contribution in [1.82, 2.24) is 15.4 Å². The van der Waals surface area contributed by atoms with Gasteiger partial charge in [-0.3, -0.25) is 0 Å². The molecule has 0 fully saturated rings. The van der Waals surface area contributed by atoms with Gasteiger partial charge in [-0.15, -0.1) is 10.2 Å². The molecule has 106 valence electrons. The number of alkyl halides is 6. The normalized spacial score (nSPS) is 12.5. The number of aromatic nitrogens is 3. The summed E-state index contributed by atoms with van der Waals surface area (Å²) in [5.74, 6) is 0. The second kappa shape index (κ2) is 5.99. The summed E-state index contributed by atoms with van der Waals surface area (Å²) in [6.45, 7) is 0. The average Bonchev–Trinajstić information content (AvgIpc) is 2.37. The highest BCUT2D eigenvalue weighted by atomic mass is 35.6. The first kappa shape index (κ1) is 16.3. The molecule has 0 N–H and O–H groups in total. The van der Waals surface area contributed by atoms with E-state index in [1.165, 1.54) is 0 Å². The van der Waals surface area contributed by atoms with Crippen molar-refractivity contribution in [2.24, 2.45) is 0 Å². The lowest BCUT2D eigenvalue weighted by Crippen LogP contribution is -2.18. The van der Waals surface area contributed by atoms with Crippen LogP contribution in [-0.4, -0.2) is 15.4 Å². The largest absolute Gasteiger partial charge is 0.234 e. The van der Waals surface area contributed by atoms with Crippen molar-refractivity contribution in [3.8, 4) is 11.3 Å². The molecule has 0 unspecified atom stereocenters. The molecule has 0 atom stereocenters. The molecule has 0 amide bonds. The highest BCUT2D eigenvalue weighted by Gasteiger charge is 2.39. The summed E-state index contributed by atoms with van der Waals surface area (Å²) in [6, 6.07) is 8.98. The lowest BCUT2D eigenvalue weighted by atomic mass is 10.1. The van der Waals surface area contributed by atoms with Gasteiger partial charge in [-0.25, -0.2) is 0 Å². The summed E-state index contributed by atoms with van der Waals surface area (Å²) in [6.07, 6.45) is 0. The number of benzene rings is 1. The van der Waals surface area contributed by atoms with Crippen molar-refractivity contribution in [2.75, 3.05) is 0 Å². The molecule has 1 heterocycles. The number of rotatable bonds is 1. The van der Waals surface area contributed by atoms with Crippen LogP contribution < -0.4 is 0 Å². The molecule has 0 aliphatic rings. The molecular formula is C11H5Cl6N3. The third-order valence-corrected chi connectivity index (χ3v) is 3.47. The van der Waals surface area contributed by atoms with Crippen LogP contribution in [0.1, 0.15) is 11.3 Å². The van der Waals surface area contributed by atoms with Gasteiger partial charge in [0.15, 0.2) is 0 Å². The minimum Gasteiger partial charge on any atom is -0.130 e. The van der Waals surface area contributed by atoms with E-state index in [2.05, 4.69) is 15.4 Å². The minimum atomic E-state index is -1.89. The number of hydrogen-bond acceptors (Lipinski definition) is 3. The lowest BCUT2D eigenvalue weighted by molar-refractivity contribution is 0.800. The molecule has 0 saturated heterocycles. The predicted molar refractivity (Wildman–Crippen MR) is 83.7 cm³/mol. The molecule has 20 heavy (non-hydrogen) atoms. The maximum Gasteiger partial charge on any atom is 0.234 e. The minimum absolute atomic E-state index is 0.0728. The van der Waals surface area contributed by atoms with Crippen LogP contribution in [0.4, 0.5) is 0 Å². The van der Waals surface area contributed by atoms with E-state index >= 15 is 0 Å². The zero-order chi connectivity index (χ0) is 15.0. The van der Waals surface area contributed by atoms with Crippen LogP contribution in [0, 0.1) is 0 Å². The fraction of sp³-hybridized carbons (Fsp3) is 0.182. The first-order chi connectivity index (χ1) is 9.21. The molecule has 9 heteroatoms. The molecule has 2 rings (SSSR count). The number of hydrogen-bond donors (Lipinski definition) is 0. The van der Waals surface area contributed by atoms with Crippen LogP contribution in [0.3, 0.4) is 0 Å². The zero-order valence-electron chi connectivity index (χ0n) is 9.50. The van der Waals surface area contributed by atoms with E-state index in [4.69, 9.17) is 69.6 Å². The average molecular weight is 392 g/mol. The molecule has 0 aliphatic carbocycles. The van der Waals surface area contributed by atoms with Crippen molar-refractivity contribution in [3.63, 3.8) is 0 Å². The predicted octanol–water partition coefficient (Wildman–Crippen LogP) is 5.19. The van der Waals surface area contributed by atoms with E-state index in [1.54, 1.807) is 24.3 Å². The van der Waals surface area contributed by atoms with Gasteiger partial charge in [0.2, 0.25) is 7.59 Å². The fourth-order valence-corrected chi connectivity index (χ4v) is 2.52. The van der Waals surface area contributed by atoms with E-state index in [0.29, 0.717) is 11.3 Å². The molecular weight excluding hydrogens is 387 g/mol. The van der Waals surface area contributed by atoms with Crippen LogP contribution in [0.2, 0.25) is 0 Å². The smallest absolute Gasteiger partial charge is 0.130 e. The molecule has 0 bridgehead atoms. The van der Waals surface area contributed by atoms with Gasteiger partial charge in [-0.2, -0.15) is 0 Å². The fourth-order valence-electron chi connectivity index (χ4n) is 1.59. The number of halogens is 6. The van der Waals surface area contributed by atoms with Crippen LogP contribution in [-0.2, 0) is 7.59 Å².